The summed E-state index contributed by atoms with van der Waals surface area (Å²) in [7, 11) is 0. The molecule has 2 nitrogen and oxygen atoms in total. The number of anilines is 1. The number of hydrogen-bond acceptors (Lipinski definition) is 2. The van der Waals surface area contributed by atoms with Gasteiger partial charge >= 0.3 is 0 Å². The number of hydrogen-bond donors (Lipinski definition) is 1. The summed E-state index contributed by atoms with van der Waals surface area (Å²) >= 11 is 0. The first-order valence-electron chi connectivity index (χ1n) is 8.18. The predicted octanol–water partition coefficient (Wildman–Crippen LogP) is 3.60. The first kappa shape index (κ1) is 13.5. The standard InChI is InChI=1S/C17H22F2N2/c18-15-7-12(9-20-13-3-4-13)8-16(19)17(15)21(14-5-6-14)10-11-1-2-11/h7-8,11,13-14,20H,1-6,9-10H2. The molecule has 3 aliphatic carbocycles. The molecule has 0 amide bonds. The molecule has 0 atom stereocenters. The maximum atomic E-state index is 14.5. The number of benzene rings is 1. The lowest BCUT2D eigenvalue weighted by atomic mass is 10.1. The first-order chi connectivity index (χ1) is 10.2. The van der Waals surface area contributed by atoms with Crippen molar-refractivity contribution in [3.63, 3.8) is 0 Å². The van der Waals surface area contributed by atoms with Crippen molar-refractivity contribution >= 4 is 5.69 Å². The Morgan fingerprint density at radius 3 is 2.19 bits per heavy atom. The summed E-state index contributed by atoms with van der Waals surface area (Å²) in [5.74, 6) is -0.147. The molecule has 114 valence electrons. The largest absolute Gasteiger partial charge is 0.364 e. The van der Waals surface area contributed by atoms with E-state index in [0.29, 0.717) is 30.1 Å². The van der Waals surface area contributed by atoms with Crippen molar-refractivity contribution in [1.82, 2.24) is 5.32 Å². The van der Waals surface area contributed by atoms with Crippen LogP contribution in [-0.4, -0.2) is 18.6 Å². The van der Waals surface area contributed by atoms with Gasteiger partial charge in [0.2, 0.25) is 0 Å². The van der Waals surface area contributed by atoms with Gasteiger partial charge in [-0.05, 0) is 62.1 Å². The van der Waals surface area contributed by atoms with Gasteiger partial charge in [-0.15, -0.1) is 0 Å². The Hall–Kier alpha value is -1.16. The van der Waals surface area contributed by atoms with Gasteiger partial charge < -0.3 is 10.2 Å². The van der Waals surface area contributed by atoms with Crippen LogP contribution in [0.2, 0.25) is 0 Å². The van der Waals surface area contributed by atoms with E-state index in [4.69, 9.17) is 0 Å². The zero-order valence-electron chi connectivity index (χ0n) is 12.2. The van der Waals surface area contributed by atoms with Gasteiger partial charge in [0.05, 0.1) is 0 Å². The Bertz CT molecular complexity index is 511. The van der Waals surface area contributed by atoms with Crippen molar-refractivity contribution < 1.29 is 8.78 Å². The smallest absolute Gasteiger partial charge is 0.149 e. The van der Waals surface area contributed by atoms with Gasteiger partial charge in [-0.2, -0.15) is 0 Å². The lowest BCUT2D eigenvalue weighted by Gasteiger charge is -2.26. The molecule has 0 saturated heterocycles. The van der Waals surface area contributed by atoms with Crippen LogP contribution in [0.5, 0.6) is 0 Å². The molecule has 4 rings (SSSR count). The van der Waals surface area contributed by atoms with Gasteiger partial charge in [-0.1, -0.05) is 0 Å². The molecular formula is C17H22F2N2. The van der Waals surface area contributed by atoms with Crippen LogP contribution in [0.1, 0.15) is 44.1 Å². The van der Waals surface area contributed by atoms with Gasteiger partial charge in [0.1, 0.15) is 17.3 Å². The van der Waals surface area contributed by atoms with E-state index >= 15 is 0 Å². The summed E-state index contributed by atoms with van der Waals surface area (Å²) in [6.07, 6.45) is 6.90. The van der Waals surface area contributed by atoms with Gasteiger partial charge in [0, 0.05) is 25.2 Å². The van der Waals surface area contributed by atoms with Crippen LogP contribution in [0.15, 0.2) is 12.1 Å². The summed E-state index contributed by atoms with van der Waals surface area (Å²) in [5.41, 5.74) is 0.919. The van der Waals surface area contributed by atoms with Crippen molar-refractivity contribution in [3.8, 4) is 0 Å². The Labute approximate surface area is 124 Å². The molecule has 1 aromatic carbocycles. The SMILES string of the molecule is Fc1cc(CNC2CC2)cc(F)c1N(CC1CC1)C1CC1. The molecule has 0 spiro atoms. The quantitative estimate of drug-likeness (QED) is 0.826. The van der Waals surface area contributed by atoms with E-state index in [9.17, 15) is 8.78 Å². The Kier molecular flexibility index (Phi) is 3.37. The number of rotatable bonds is 7. The molecule has 21 heavy (non-hydrogen) atoms. The fourth-order valence-corrected chi connectivity index (χ4v) is 2.93. The molecule has 0 heterocycles. The fourth-order valence-electron chi connectivity index (χ4n) is 2.93. The minimum atomic E-state index is -0.393. The molecule has 0 radical (unpaired) electrons. The molecule has 0 aromatic heterocycles. The van der Waals surface area contributed by atoms with Crippen LogP contribution in [0.4, 0.5) is 14.5 Å². The summed E-state index contributed by atoms with van der Waals surface area (Å²) in [5, 5.41) is 3.31. The fraction of sp³-hybridized carbons (Fsp3) is 0.647. The number of nitrogens with zero attached hydrogens (tertiary/aromatic N) is 1. The third-order valence-corrected chi connectivity index (χ3v) is 4.68. The van der Waals surface area contributed by atoms with E-state index in [1.165, 1.54) is 37.8 Å². The van der Waals surface area contributed by atoms with E-state index in [-0.39, 0.29) is 5.69 Å². The predicted molar refractivity (Wildman–Crippen MR) is 79.3 cm³/mol. The lowest BCUT2D eigenvalue weighted by Crippen LogP contribution is -2.30. The lowest BCUT2D eigenvalue weighted by molar-refractivity contribution is 0.557. The van der Waals surface area contributed by atoms with E-state index in [0.717, 1.165) is 19.4 Å². The molecule has 1 N–H and O–H groups in total. The van der Waals surface area contributed by atoms with Crippen molar-refractivity contribution in [2.24, 2.45) is 5.92 Å². The normalized spacial score (nSPS) is 21.6. The molecule has 3 fully saturated rings. The summed E-state index contributed by atoms with van der Waals surface area (Å²) in [6, 6.07) is 3.92. The second kappa shape index (κ2) is 5.24. The van der Waals surface area contributed by atoms with Crippen molar-refractivity contribution in [2.75, 3.05) is 11.4 Å². The molecule has 3 aliphatic rings. The van der Waals surface area contributed by atoms with Crippen LogP contribution in [-0.2, 0) is 6.54 Å². The Morgan fingerprint density at radius 2 is 1.67 bits per heavy atom. The highest BCUT2D eigenvalue weighted by Gasteiger charge is 2.36. The molecule has 0 aliphatic heterocycles. The van der Waals surface area contributed by atoms with Crippen molar-refractivity contribution in [1.29, 1.82) is 0 Å². The topological polar surface area (TPSA) is 15.3 Å². The summed E-state index contributed by atoms with van der Waals surface area (Å²) in [4.78, 5) is 1.99. The van der Waals surface area contributed by atoms with Crippen molar-refractivity contribution in [2.45, 2.75) is 57.2 Å². The van der Waals surface area contributed by atoms with E-state index < -0.39 is 11.6 Å². The molecule has 0 bridgehead atoms. The van der Waals surface area contributed by atoms with Gasteiger partial charge in [0.15, 0.2) is 0 Å². The zero-order chi connectivity index (χ0) is 14.4. The van der Waals surface area contributed by atoms with E-state index in [1.54, 1.807) is 0 Å². The highest BCUT2D eigenvalue weighted by Crippen LogP contribution is 2.39. The Balaban J connectivity index is 1.54. The Morgan fingerprint density at radius 1 is 1.00 bits per heavy atom. The maximum Gasteiger partial charge on any atom is 0.149 e. The molecular weight excluding hydrogens is 270 g/mol. The second-order valence-corrected chi connectivity index (χ2v) is 6.89. The minimum Gasteiger partial charge on any atom is -0.364 e. The first-order valence-corrected chi connectivity index (χ1v) is 8.18. The van der Waals surface area contributed by atoms with E-state index in [1.807, 2.05) is 4.90 Å². The monoisotopic (exact) mass is 292 g/mol. The maximum absolute atomic E-state index is 14.5. The highest BCUT2D eigenvalue weighted by molar-refractivity contribution is 5.53. The number of halogens is 2. The second-order valence-electron chi connectivity index (χ2n) is 6.89. The average Bonchev–Trinajstić information content (AvgIpc) is 3.29. The average molecular weight is 292 g/mol. The molecule has 0 unspecified atom stereocenters. The van der Waals surface area contributed by atoms with Crippen LogP contribution in [0.3, 0.4) is 0 Å². The van der Waals surface area contributed by atoms with Gasteiger partial charge in [0.25, 0.3) is 0 Å². The molecule has 4 heteroatoms. The summed E-state index contributed by atoms with van der Waals surface area (Å²) in [6.45, 7) is 1.38. The van der Waals surface area contributed by atoms with Crippen LogP contribution >= 0.6 is 0 Å². The van der Waals surface area contributed by atoms with Crippen molar-refractivity contribution in [3.05, 3.63) is 29.3 Å². The van der Waals surface area contributed by atoms with Gasteiger partial charge in [-0.3, -0.25) is 0 Å². The van der Waals surface area contributed by atoms with Crippen LogP contribution in [0.25, 0.3) is 0 Å². The summed E-state index contributed by atoms with van der Waals surface area (Å²) < 4.78 is 28.9. The zero-order valence-corrected chi connectivity index (χ0v) is 12.2. The highest BCUT2D eigenvalue weighted by atomic mass is 19.1. The number of nitrogens with one attached hydrogen (secondary N) is 1. The van der Waals surface area contributed by atoms with E-state index in [2.05, 4.69) is 5.32 Å². The third-order valence-electron chi connectivity index (χ3n) is 4.68. The third kappa shape index (κ3) is 3.20. The van der Waals surface area contributed by atoms with Gasteiger partial charge in [-0.25, -0.2) is 8.78 Å². The van der Waals surface area contributed by atoms with Crippen LogP contribution < -0.4 is 10.2 Å². The minimum absolute atomic E-state index is 0.208. The molecule has 3 saturated carbocycles. The van der Waals surface area contributed by atoms with Crippen LogP contribution in [0, 0.1) is 17.6 Å². The molecule has 1 aromatic rings.